The van der Waals surface area contributed by atoms with Crippen molar-refractivity contribution in [3.8, 4) is 0 Å². The molecule has 0 aromatic heterocycles. The van der Waals surface area contributed by atoms with Crippen LogP contribution in [-0.4, -0.2) is 48.0 Å². The predicted molar refractivity (Wildman–Crippen MR) is 64.5 cm³/mol. The van der Waals surface area contributed by atoms with Gasteiger partial charge < -0.3 is 9.84 Å². The fourth-order valence-corrected chi connectivity index (χ4v) is 3.25. The van der Waals surface area contributed by atoms with Crippen LogP contribution >= 0.6 is 0 Å². The summed E-state index contributed by atoms with van der Waals surface area (Å²) in [5.74, 6) is 0. The zero-order valence-electron chi connectivity index (χ0n) is 10.6. The van der Waals surface area contributed by atoms with E-state index in [1.165, 1.54) is 19.3 Å². The van der Waals surface area contributed by atoms with Gasteiger partial charge in [-0.25, -0.2) is 0 Å². The first-order chi connectivity index (χ1) is 7.61. The summed E-state index contributed by atoms with van der Waals surface area (Å²) in [5.41, 5.74) is -0.435. The van der Waals surface area contributed by atoms with Crippen molar-refractivity contribution in [3.63, 3.8) is 0 Å². The number of hydrogen-bond acceptors (Lipinski definition) is 3. The first kappa shape index (κ1) is 12.3. The zero-order valence-corrected chi connectivity index (χ0v) is 10.6. The molecule has 3 heteroatoms. The van der Waals surface area contributed by atoms with Gasteiger partial charge in [-0.15, -0.1) is 0 Å². The monoisotopic (exact) mass is 227 g/mol. The first-order valence-electron chi connectivity index (χ1n) is 6.65. The van der Waals surface area contributed by atoms with E-state index in [9.17, 15) is 5.11 Å². The molecule has 2 aliphatic rings. The molecule has 2 unspecified atom stereocenters. The number of aliphatic hydroxyl groups is 1. The highest BCUT2D eigenvalue weighted by atomic mass is 16.5. The van der Waals surface area contributed by atoms with Crippen molar-refractivity contribution < 1.29 is 9.84 Å². The minimum absolute atomic E-state index is 0.317. The van der Waals surface area contributed by atoms with Crippen LogP contribution < -0.4 is 0 Å². The molecule has 1 saturated heterocycles. The van der Waals surface area contributed by atoms with Crippen molar-refractivity contribution in [2.75, 3.05) is 20.2 Å². The van der Waals surface area contributed by atoms with E-state index in [1.807, 2.05) is 0 Å². The first-order valence-corrected chi connectivity index (χ1v) is 6.65. The van der Waals surface area contributed by atoms with E-state index in [0.717, 1.165) is 32.4 Å². The maximum Gasteiger partial charge on any atom is 0.0774 e. The van der Waals surface area contributed by atoms with E-state index in [-0.39, 0.29) is 0 Å². The molecule has 0 radical (unpaired) electrons. The summed E-state index contributed by atoms with van der Waals surface area (Å²) < 4.78 is 5.59. The fourth-order valence-electron chi connectivity index (χ4n) is 3.25. The summed E-state index contributed by atoms with van der Waals surface area (Å²) in [4.78, 5) is 2.31. The van der Waals surface area contributed by atoms with Gasteiger partial charge in [0.15, 0.2) is 0 Å². The molecule has 94 valence electrons. The minimum atomic E-state index is -0.435. The summed E-state index contributed by atoms with van der Waals surface area (Å²) in [6, 6.07) is 0.492. The normalized spacial score (nSPS) is 34.5. The molecule has 2 fully saturated rings. The summed E-state index contributed by atoms with van der Waals surface area (Å²) in [5, 5.41) is 10.5. The van der Waals surface area contributed by atoms with Crippen molar-refractivity contribution in [1.29, 1.82) is 0 Å². The van der Waals surface area contributed by atoms with E-state index in [2.05, 4.69) is 18.9 Å². The van der Waals surface area contributed by atoms with Gasteiger partial charge in [-0.3, -0.25) is 4.90 Å². The summed E-state index contributed by atoms with van der Waals surface area (Å²) >= 11 is 0. The lowest BCUT2D eigenvalue weighted by molar-refractivity contribution is -0.0354. The molecule has 0 amide bonds. The van der Waals surface area contributed by atoms with Crippen LogP contribution in [0.2, 0.25) is 0 Å². The molecule has 16 heavy (non-hydrogen) atoms. The van der Waals surface area contributed by atoms with Gasteiger partial charge in [-0.2, -0.15) is 0 Å². The number of nitrogens with zero attached hydrogens (tertiary/aromatic N) is 1. The Bertz CT molecular complexity index is 226. The number of ether oxygens (including phenoxy) is 1. The zero-order chi connectivity index (χ0) is 11.6. The van der Waals surface area contributed by atoms with Crippen LogP contribution in [0.15, 0.2) is 0 Å². The van der Waals surface area contributed by atoms with Gasteiger partial charge in [0, 0.05) is 19.2 Å². The Labute approximate surface area is 98.8 Å². The fraction of sp³-hybridized carbons (Fsp3) is 1.00. The van der Waals surface area contributed by atoms with Crippen LogP contribution in [0.4, 0.5) is 0 Å². The second-order valence-corrected chi connectivity index (χ2v) is 5.63. The number of rotatable bonds is 3. The van der Waals surface area contributed by atoms with Gasteiger partial charge >= 0.3 is 0 Å². The predicted octanol–water partition coefficient (Wildman–Crippen LogP) is 1.79. The molecule has 0 aromatic rings. The Morgan fingerprint density at radius 3 is 2.56 bits per heavy atom. The van der Waals surface area contributed by atoms with Crippen molar-refractivity contribution in [1.82, 2.24) is 4.90 Å². The highest BCUT2D eigenvalue weighted by Gasteiger charge is 2.35. The third kappa shape index (κ3) is 2.76. The maximum absolute atomic E-state index is 10.5. The minimum Gasteiger partial charge on any atom is -0.389 e. The van der Waals surface area contributed by atoms with Gasteiger partial charge in [0.2, 0.25) is 0 Å². The van der Waals surface area contributed by atoms with Crippen molar-refractivity contribution in [3.05, 3.63) is 0 Å². The molecule has 1 aliphatic carbocycles. The summed E-state index contributed by atoms with van der Waals surface area (Å²) in [7, 11) is 2.13. The second kappa shape index (κ2) is 5.03. The lowest BCUT2D eigenvalue weighted by Gasteiger charge is -2.38. The van der Waals surface area contributed by atoms with Gasteiger partial charge in [-0.1, -0.05) is 19.3 Å². The van der Waals surface area contributed by atoms with Crippen LogP contribution in [0, 0.1) is 0 Å². The van der Waals surface area contributed by atoms with Crippen molar-refractivity contribution >= 4 is 0 Å². The summed E-state index contributed by atoms with van der Waals surface area (Å²) in [6.07, 6.45) is 7.01. The molecule has 1 aliphatic heterocycles. The van der Waals surface area contributed by atoms with Crippen LogP contribution in [0.5, 0.6) is 0 Å². The van der Waals surface area contributed by atoms with E-state index in [4.69, 9.17) is 4.74 Å². The smallest absolute Gasteiger partial charge is 0.0774 e. The molecule has 2 rings (SSSR count). The van der Waals surface area contributed by atoms with Gasteiger partial charge in [0.1, 0.15) is 0 Å². The Balaban J connectivity index is 1.87. The standard InChI is InChI=1S/C13H25NO2/c1-11-12(6-9-16-11)14(2)10-13(15)7-4-3-5-8-13/h11-12,15H,3-10H2,1-2H3. The molecule has 0 bridgehead atoms. The third-order valence-corrected chi connectivity index (χ3v) is 4.23. The van der Waals surface area contributed by atoms with E-state index in [0.29, 0.717) is 12.1 Å². The van der Waals surface area contributed by atoms with E-state index < -0.39 is 5.60 Å². The maximum atomic E-state index is 10.5. The lowest BCUT2D eigenvalue weighted by atomic mass is 9.84. The van der Waals surface area contributed by atoms with E-state index in [1.54, 1.807) is 0 Å². The van der Waals surface area contributed by atoms with Crippen molar-refractivity contribution in [2.45, 2.75) is 63.2 Å². The number of likely N-dealkylation sites (N-methyl/N-ethyl adjacent to an activating group) is 1. The second-order valence-electron chi connectivity index (χ2n) is 5.63. The van der Waals surface area contributed by atoms with Crippen LogP contribution in [-0.2, 0) is 4.74 Å². The van der Waals surface area contributed by atoms with Gasteiger partial charge in [0.25, 0.3) is 0 Å². The largest absolute Gasteiger partial charge is 0.389 e. The lowest BCUT2D eigenvalue weighted by Crippen LogP contribution is -2.48. The highest BCUT2D eigenvalue weighted by Crippen LogP contribution is 2.30. The Morgan fingerprint density at radius 2 is 2.00 bits per heavy atom. The molecule has 3 nitrogen and oxygen atoms in total. The average Bonchev–Trinajstić information content (AvgIpc) is 2.65. The number of hydrogen-bond donors (Lipinski definition) is 1. The Morgan fingerprint density at radius 1 is 1.31 bits per heavy atom. The molecular weight excluding hydrogens is 202 g/mol. The van der Waals surface area contributed by atoms with Gasteiger partial charge in [0.05, 0.1) is 11.7 Å². The van der Waals surface area contributed by atoms with Crippen LogP contribution in [0.1, 0.15) is 45.4 Å². The molecule has 0 spiro atoms. The molecular formula is C13H25NO2. The Kier molecular flexibility index (Phi) is 3.88. The topological polar surface area (TPSA) is 32.7 Å². The molecule has 2 atom stereocenters. The third-order valence-electron chi connectivity index (χ3n) is 4.23. The SMILES string of the molecule is CC1OCCC1N(C)CC1(O)CCCCC1. The molecule has 1 saturated carbocycles. The summed E-state index contributed by atoms with van der Waals surface area (Å²) in [6.45, 7) is 3.82. The average molecular weight is 227 g/mol. The quantitative estimate of drug-likeness (QED) is 0.798. The van der Waals surface area contributed by atoms with Crippen molar-refractivity contribution in [2.24, 2.45) is 0 Å². The van der Waals surface area contributed by atoms with E-state index >= 15 is 0 Å². The Hall–Kier alpha value is -0.120. The van der Waals surface area contributed by atoms with Gasteiger partial charge in [-0.05, 0) is 33.2 Å². The molecule has 1 N–H and O–H groups in total. The highest BCUT2D eigenvalue weighted by molar-refractivity contribution is 4.89. The van der Waals surface area contributed by atoms with Crippen LogP contribution in [0.25, 0.3) is 0 Å². The molecule has 0 aromatic carbocycles. The van der Waals surface area contributed by atoms with Crippen LogP contribution in [0.3, 0.4) is 0 Å². The molecule has 1 heterocycles.